The summed E-state index contributed by atoms with van der Waals surface area (Å²) < 4.78 is 27.9. The first kappa shape index (κ1) is 17.4. The van der Waals surface area contributed by atoms with Gasteiger partial charge >= 0.3 is 6.03 Å². The number of urea groups is 1. The van der Waals surface area contributed by atoms with E-state index in [1.165, 1.54) is 10.7 Å². The third-order valence-electron chi connectivity index (χ3n) is 3.20. The molecule has 0 saturated carbocycles. The van der Waals surface area contributed by atoms with Crippen molar-refractivity contribution in [1.29, 1.82) is 0 Å². The molecule has 0 aliphatic heterocycles. The fraction of sp³-hybridized carbons (Fsp3) is 0.250. The van der Waals surface area contributed by atoms with E-state index < -0.39 is 23.7 Å². The van der Waals surface area contributed by atoms with Crippen LogP contribution >= 0.6 is 0 Å². The second-order valence-electron chi connectivity index (χ2n) is 5.08. The summed E-state index contributed by atoms with van der Waals surface area (Å²) in [6.45, 7) is -0.295. The van der Waals surface area contributed by atoms with Crippen LogP contribution in [0.1, 0.15) is 6.42 Å². The number of amides is 2. The lowest BCUT2D eigenvalue weighted by atomic mass is 10.1. The van der Waals surface area contributed by atoms with Gasteiger partial charge in [-0.3, -0.25) is 10.00 Å². The molecule has 1 aromatic carbocycles. The van der Waals surface area contributed by atoms with Crippen LogP contribution in [0.25, 0.3) is 11.3 Å². The number of halogens is 2. The number of hydrogen-bond acceptors (Lipinski definition) is 3. The summed E-state index contributed by atoms with van der Waals surface area (Å²) in [5.74, 6) is 1.22. The van der Waals surface area contributed by atoms with Crippen LogP contribution in [0.15, 0.2) is 24.3 Å². The van der Waals surface area contributed by atoms with Crippen molar-refractivity contribution in [3.05, 3.63) is 35.9 Å². The topological polar surface area (TPSA) is 79.2 Å². The van der Waals surface area contributed by atoms with E-state index in [9.17, 15) is 13.6 Å². The molecule has 0 aliphatic rings. The van der Waals surface area contributed by atoms with E-state index in [2.05, 4.69) is 21.7 Å². The lowest BCUT2D eigenvalue weighted by Crippen LogP contribution is -2.40. The first-order chi connectivity index (χ1) is 11.4. The van der Waals surface area contributed by atoms with Gasteiger partial charge < -0.3 is 10.4 Å². The van der Waals surface area contributed by atoms with Gasteiger partial charge in [0, 0.05) is 31.2 Å². The SMILES string of the molecule is C#CC[C@H](CO)NC(=O)Nc1cc(-c2cc(F)cc(F)c2)nn1C. The van der Waals surface area contributed by atoms with Crippen molar-refractivity contribution >= 4 is 11.8 Å². The average molecular weight is 334 g/mol. The molecule has 6 nitrogen and oxygen atoms in total. The number of aliphatic hydroxyl groups excluding tert-OH is 1. The fourth-order valence-corrected chi connectivity index (χ4v) is 2.07. The van der Waals surface area contributed by atoms with Crippen LogP contribution in [-0.2, 0) is 7.05 Å². The van der Waals surface area contributed by atoms with Gasteiger partial charge in [-0.25, -0.2) is 13.6 Å². The van der Waals surface area contributed by atoms with Crippen molar-refractivity contribution in [3.63, 3.8) is 0 Å². The third-order valence-corrected chi connectivity index (χ3v) is 3.20. The lowest BCUT2D eigenvalue weighted by Gasteiger charge is -2.14. The van der Waals surface area contributed by atoms with Gasteiger partial charge in [-0.05, 0) is 12.1 Å². The monoisotopic (exact) mass is 334 g/mol. The van der Waals surface area contributed by atoms with Crippen molar-refractivity contribution in [3.8, 4) is 23.6 Å². The minimum absolute atomic E-state index is 0.184. The zero-order chi connectivity index (χ0) is 17.7. The van der Waals surface area contributed by atoms with Crippen LogP contribution in [0.2, 0.25) is 0 Å². The highest BCUT2D eigenvalue weighted by Crippen LogP contribution is 2.23. The van der Waals surface area contributed by atoms with Crippen LogP contribution in [0, 0.1) is 24.0 Å². The van der Waals surface area contributed by atoms with Crippen molar-refractivity contribution in [1.82, 2.24) is 15.1 Å². The van der Waals surface area contributed by atoms with E-state index in [0.29, 0.717) is 11.5 Å². The number of nitrogens with one attached hydrogen (secondary N) is 2. The standard InChI is InChI=1S/C16H16F2N4O2/c1-3-4-13(9-23)19-16(24)20-15-8-14(21-22(15)2)10-5-11(17)7-12(18)6-10/h1,5-8,13,23H,4,9H2,2H3,(H2,19,20,24)/t13-/m1/s1. The number of hydrogen-bond donors (Lipinski definition) is 3. The number of rotatable bonds is 5. The normalized spacial score (nSPS) is 11.6. The number of carbonyl (C=O) groups is 1. The molecule has 0 bridgehead atoms. The number of aliphatic hydroxyl groups is 1. The highest BCUT2D eigenvalue weighted by atomic mass is 19.1. The molecule has 2 aromatic rings. The Kier molecular flexibility index (Phi) is 5.50. The first-order valence-corrected chi connectivity index (χ1v) is 7.05. The fourth-order valence-electron chi connectivity index (χ4n) is 2.07. The molecule has 0 radical (unpaired) electrons. The summed E-state index contributed by atoms with van der Waals surface area (Å²) in [5.41, 5.74) is 0.547. The average Bonchev–Trinajstić information content (AvgIpc) is 2.87. The Morgan fingerprint density at radius 2 is 2.04 bits per heavy atom. The van der Waals surface area contributed by atoms with Crippen molar-refractivity contribution in [2.24, 2.45) is 7.05 Å². The Bertz CT molecular complexity index is 763. The van der Waals surface area contributed by atoms with Crippen molar-refractivity contribution in [2.45, 2.75) is 12.5 Å². The van der Waals surface area contributed by atoms with Gasteiger partial charge in [0.15, 0.2) is 0 Å². The van der Waals surface area contributed by atoms with E-state index in [4.69, 9.17) is 11.5 Å². The number of carbonyl (C=O) groups excluding carboxylic acids is 1. The molecular formula is C16H16F2N4O2. The maximum Gasteiger partial charge on any atom is 0.320 e. The Morgan fingerprint density at radius 1 is 1.38 bits per heavy atom. The van der Waals surface area contributed by atoms with Gasteiger partial charge in [0.25, 0.3) is 0 Å². The summed E-state index contributed by atoms with van der Waals surface area (Å²) in [6, 6.07) is 3.38. The Hall–Kier alpha value is -2.92. The number of nitrogens with zero attached hydrogens (tertiary/aromatic N) is 2. The van der Waals surface area contributed by atoms with Gasteiger partial charge in [-0.1, -0.05) is 0 Å². The summed E-state index contributed by atoms with van der Waals surface area (Å²) in [5, 5.41) is 18.3. The second kappa shape index (κ2) is 7.57. The molecule has 2 rings (SSSR count). The minimum Gasteiger partial charge on any atom is -0.394 e. The molecule has 1 atom stereocenters. The van der Waals surface area contributed by atoms with Crippen LogP contribution in [-0.4, -0.2) is 33.6 Å². The van der Waals surface area contributed by atoms with Crippen LogP contribution in [0.5, 0.6) is 0 Å². The first-order valence-electron chi connectivity index (χ1n) is 7.05. The molecule has 0 aliphatic carbocycles. The van der Waals surface area contributed by atoms with E-state index >= 15 is 0 Å². The zero-order valence-electron chi connectivity index (χ0n) is 12.9. The molecule has 0 spiro atoms. The summed E-state index contributed by atoms with van der Waals surface area (Å²) >= 11 is 0. The highest BCUT2D eigenvalue weighted by molar-refractivity contribution is 5.89. The quantitative estimate of drug-likeness (QED) is 0.731. The lowest BCUT2D eigenvalue weighted by molar-refractivity contribution is 0.225. The van der Waals surface area contributed by atoms with Gasteiger partial charge in [0.1, 0.15) is 17.5 Å². The van der Waals surface area contributed by atoms with E-state index in [-0.39, 0.29) is 18.6 Å². The number of anilines is 1. The molecule has 0 fully saturated rings. The number of benzene rings is 1. The molecule has 126 valence electrons. The molecule has 3 N–H and O–H groups in total. The van der Waals surface area contributed by atoms with Gasteiger partial charge in [-0.2, -0.15) is 5.10 Å². The molecular weight excluding hydrogens is 318 g/mol. The van der Waals surface area contributed by atoms with E-state index in [1.807, 2.05) is 0 Å². The summed E-state index contributed by atoms with van der Waals surface area (Å²) in [4.78, 5) is 11.9. The highest BCUT2D eigenvalue weighted by Gasteiger charge is 2.14. The Morgan fingerprint density at radius 3 is 2.62 bits per heavy atom. The molecule has 1 heterocycles. The summed E-state index contributed by atoms with van der Waals surface area (Å²) in [7, 11) is 1.57. The smallest absolute Gasteiger partial charge is 0.320 e. The van der Waals surface area contributed by atoms with Crippen molar-refractivity contribution in [2.75, 3.05) is 11.9 Å². The second-order valence-corrected chi connectivity index (χ2v) is 5.08. The van der Waals surface area contributed by atoms with Crippen molar-refractivity contribution < 1.29 is 18.7 Å². The van der Waals surface area contributed by atoms with Gasteiger partial charge in [0.05, 0.1) is 18.3 Å². The molecule has 2 amide bonds. The maximum absolute atomic E-state index is 13.3. The predicted molar refractivity (Wildman–Crippen MR) is 85.0 cm³/mol. The third kappa shape index (κ3) is 4.30. The number of terminal acetylenes is 1. The molecule has 8 heteroatoms. The largest absolute Gasteiger partial charge is 0.394 e. The van der Waals surface area contributed by atoms with E-state index in [1.54, 1.807) is 7.05 Å². The van der Waals surface area contributed by atoms with Crippen LogP contribution in [0.4, 0.5) is 19.4 Å². The van der Waals surface area contributed by atoms with Crippen LogP contribution in [0.3, 0.4) is 0 Å². The van der Waals surface area contributed by atoms with Gasteiger partial charge in [-0.15, -0.1) is 12.3 Å². The number of aryl methyl sites for hydroxylation is 1. The molecule has 0 unspecified atom stereocenters. The molecule has 0 saturated heterocycles. The van der Waals surface area contributed by atoms with Crippen LogP contribution < -0.4 is 10.6 Å². The summed E-state index contributed by atoms with van der Waals surface area (Å²) in [6.07, 6.45) is 5.32. The van der Waals surface area contributed by atoms with Gasteiger partial charge in [0.2, 0.25) is 0 Å². The predicted octanol–water partition coefficient (Wildman–Crippen LogP) is 1.87. The number of aromatic nitrogens is 2. The maximum atomic E-state index is 13.3. The zero-order valence-corrected chi connectivity index (χ0v) is 12.9. The van der Waals surface area contributed by atoms with E-state index in [0.717, 1.165) is 18.2 Å². The molecule has 24 heavy (non-hydrogen) atoms. The minimum atomic E-state index is -0.719. The Labute approximate surface area is 137 Å². The molecule has 1 aromatic heterocycles. The Balaban J connectivity index is 2.14.